The molecule has 92 valence electrons. The zero-order valence-electron chi connectivity index (χ0n) is 8.35. The average Bonchev–Trinajstić information content (AvgIpc) is 2.58. The molecule has 16 heavy (non-hydrogen) atoms. The first kappa shape index (κ1) is 11.7. The van der Waals surface area contributed by atoms with E-state index >= 15 is 0 Å². The molecule has 1 spiro atoms. The summed E-state index contributed by atoms with van der Waals surface area (Å²) in [6.45, 7) is -5.55. The van der Waals surface area contributed by atoms with Gasteiger partial charge >= 0.3 is 12.9 Å². The summed E-state index contributed by atoms with van der Waals surface area (Å²) in [4.78, 5) is 10.9. The van der Waals surface area contributed by atoms with Crippen molar-refractivity contribution >= 4 is 12.9 Å². The molecule has 0 aromatic heterocycles. The molecule has 1 atom stereocenters. The van der Waals surface area contributed by atoms with E-state index in [4.69, 9.17) is 0 Å². The summed E-state index contributed by atoms with van der Waals surface area (Å²) >= 11 is 0. The van der Waals surface area contributed by atoms with E-state index in [-0.39, 0.29) is 0 Å². The minimum Gasteiger partial charge on any atom is -0.469 e. The van der Waals surface area contributed by atoms with Crippen LogP contribution in [0.1, 0.15) is 12.8 Å². The standard InChI is InChI=1S/C8H9BF5O2/c1-16-5(15)4-2-7(3-4)6(8(7,10)11)9(12,13)14/h4,6H,2-3H2,1H3/q-1. The molecule has 2 aliphatic carbocycles. The fraction of sp³-hybridized carbons (Fsp3) is 0.875. The molecule has 0 aromatic carbocycles. The molecule has 0 radical (unpaired) electrons. The molecule has 2 rings (SSSR count). The third-order valence-corrected chi connectivity index (χ3v) is 3.70. The van der Waals surface area contributed by atoms with Gasteiger partial charge in [-0.15, -0.1) is 0 Å². The summed E-state index contributed by atoms with van der Waals surface area (Å²) in [6.07, 6.45) is -0.836. The largest absolute Gasteiger partial charge is 0.488 e. The van der Waals surface area contributed by atoms with Gasteiger partial charge in [0.15, 0.2) is 0 Å². The highest BCUT2D eigenvalue weighted by molar-refractivity contribution is 6.62. The minimum absolute atomic E-state index is 0.418. The van der Waals surface area contributed by atoms with Crippen molar-refractivity contribution in [3.8, 4) is 0 Å². The highest BCUT2D eigenvalue weighted by Crippen LogP contribution is 2.83. The summed E-state index contributed by atoms with van der Waals surface area (Å²) in [5.74, 6) is -7.74. The predicted octanol–water partition coefficient (Wildman–Crippen LogP) is 2.42. The molecular weight excluding hydrogens is 234 g/mol. The molecular formula is C8H9BF5O2-. The van der Waals surface area contributed by atoms with Gasteiger partial charge in [-0.05, 0) is 12.8 Å². The number of ether oxygens (including phenoxy) is 1. The second kappa shape index (κ2) is 2.90. The van der Waals surface area contributed by atoms with Gasteiger partial charge in [0, 0.05) is 11.2 Å². The fourth-order valence-corrected chi connectivity index (χ4v) is 2.82. The lowest BCUT2D eigenvalue weighted by atomic mass is 9.64. The molecule has 0 saturated heterocycles. The van der Waals surface area contributed by atoms with Gasteiger partial charge in [0.25, 0.3) is 0 Å². The number of hydrogen-bond donors (Lipinski definition) is 0. The Morgan fingerprint density at radius 3 is 2.12 bits per heavy atom. The summed E-state index contributed by atoms with van der Waals surface area (Å²) < 4.78 is 67.4. The number of hydrogen-bond acceptors (Lipinski definition) is 2. The van der Waals surface area contributed by atoms with Crippen molar-refractivity contribution in [1.29, 1.82) is 0 Å². The average molecular weight is 243 g/mol. The molecule has 2 aliphatic rings. The van der Waals surface area contributed by atoms with Crippen LogP contribution in [0.15, 0.2) is 0 Å². The van der Waals surface area contributed by atoms with E-state index in [2.05, 4.69) is 4.74 Å². The smallest absolute Gasteiger partial charge is 0.469 e. The summed E-state index contributed by atoms with van der Waals surface area (Å²) in [5.41, 5.74) is -2.01. The Labute approximate surface area is 88.2 Å². The maximum Gasteiger partial charge on any atom is 0.488 e. The third-order valence-electron chi connectivity index (χ3n) is 3.70. The number of rotatable bonds is 2. The van der Waals surface area contributed by atoms with E-state index in [1.807, 2.05) is 0 Å². The zero-order valence-corrected chi connectivity index (χ0v) is 8.35. The van der Waals surface area contributed by atoms with Gasteiger partial charge in [-0.3, -0.25) is 4.79 Å². The van der Waals surface area contributed by atoms with Crippen LogP contribution in [-0.2, 0) is 9.53 Å². The minimum atomic E-state index is -5.55. The normalized spacial score (nSPS) is 40.4. The quantitative estimate of drug-likeness (QED) is 0.423. The van der Waals surface area contributed by atoms with Gasteiger partial charge in [-0.2, -0.15) is 0 Å². The molecule has 2 nitrogen and oxygen atoms in total. The lowest BCUT2D eigenvalue weighted by Gasteiger charge is -2.36. The molecule has 0 heterocycles. The van der Waals surface area contributed by atoms with Crippen LogP contribution in [0.5, 0.6) is 0 Å². The molecule has 0 aromatic rings. The van der Waals surface area contributed by atoms with Crippen LogP contribution in [0.4, 0.5) is 21.7 Å². The Balaban J connectivity index is 2.07. The molecule has 0 bridgehead atoms. The van der Waals surface area contributed by atoms with Crippen molar-refractivity contribution in [2.24, 2.45) is 11.3 Å². The topological polar surface area (TPSA) is 26.3 Å². The van der Waals surface area contributed by atoms with Crippen LogP contribution in [0.2, 0.25) is 5.82 Å². The molecule has 0 aliphatic heterocycles. The monoisotopic (exact) mass is 243 g/mol. The number of esters is 1. The number of carbonyl (C=O) groups excluding carboxylic acids is 1. The highest BCUT2D eigenvalue weighted by Gasteiger charge is 2.87. The van der Waals surface area contributed by atoms with Crippen LogP contribution in [0, 0.1) is 11.3 Å². The maximum absolute atomic E-state index is 13.1. The maximum atomic E-state index is 13.1. The first-order valence-corrected chi connectivity index (χ1v) is 4.82. The van der Waals surface area contributed by atoms with Gasteiger partial charge in [0.2, 0.25) is 5.92 Å². The number of alkyl halides is 2. The zero-order chi connectivity index (χ0) is 12.4. The molecule has 0 N–H and O–H groups in total. The van der Waals surface area contributed by atoms with Crippen LogP contribution < -0.4 is 0 Å². The lowest BCUT2D eigenvalue weighted by Crippen LogP contribution is -2.37. The first-order chi connectivity index (χ1) is 7.17. The van der Waals surface area contributed by atoms with Gasteiger partial charge in [-0.25, -0.2) is 8.78 Å². The van der Waals surface area contributed by atoms with Gasteiger partial charge in [0.1, 0.15) is 0 Å². The van der Waals surface area contributed by atoms with E-state index in [0.29, 0.717) is 0 Å². The van der Waals surface area contributed by atoms with Crippen molar-refractivity contribution in [1.82, 2.24) is 0 Å². The van der Waals surface area contributed by atoms with E-state index in [1.165, 1.54) is 0 Å². The van der Waals surface area contributed by atoms with E-state index in [0.717, 1.165) is 7.11 Å². The Morgan fingerprint density at radius 1 is 1.31 bits per heavy atom. The van der Waals surface area contributed by atoms with Crippen molar-refractivity contribution in [3.05, 3.63) is 0 Å². The van der Waals surface area contributed by atoms with Gasteiger partial charge in [0.05, 0.1) is 13.0 Å². The second-order valence-corrected chi connectivity index (χ2v) is 4.51. The third kappa shape index (κ3) is 1.21. The molecule has 0 amide bonds. The Kier molecular flexibility index (Phi) is 2.11. The van der Waals surface area contributed by atoms with Crippen molar-refractivity contribution in [3.63, 3.8) is 0 Å². The SMILES string of the molecule is COC(=O)C1CC2(C1)C([B-](F)(F)F)C2(F)F. The van der Waals surface area contributed by atoms with E-state index < -0.39 is 48.9 Å². The molecule has 8 heteroatoms. The lowest BCUT2D eigenvalue weighted by molar-refractivity contribution is -0.153. The van der Waals surface area contributed by atoms with Crippen LogP contribution in [-0.4, -0.2) is 26.0 Å². The summed E-state index contributed by atoms with van der Waals surface area (Å²) in [5, 5.41) is 0. The van der Waals surface area contributed by atoms with Crippen LogP contribution in [0.25, 0.3) is 0 Å². The molecule has 1 unspecified atom stereocenters. The van der Waals surface area contributed by atoms with Crippen LogP contribution >= 0.6 is 0 Å². The Bertz CT molecular complexity index is 334. The predicted molar refractivity (Wildman–Crippen MR) is 44.9 cm³/mol. The molecule has 2 fully saturated rings. The highest BCUT2D eigenvalue weighted by atomic mass is 19.4. The molecule has 2 saturated carbocycles. The van der Waals surface area contributed by atoms with E-state index in [9.17, 15) is 26.5 Å². The fourth-order valence-electron chi connectivity index (χ4n) is 2.82. The van der Waals surface area contributed by atoms with Gasteiger partial charge < -0.3 is 17.7 Å². The Morgan fingerprint density at radius 2 is 1.81 bits per heavy atom. The number of halogens is 5. The number of methoxy groups -OCH3 is 1. The van der Waals surface area contributed by atoms with E-state index in [1.54, 1.807) is 0 Å². The van der Waals surface area contributed by atoms with Crippen LogP contribution in [0.3, 0.4) is 0 Å². The summed E-state index contributed by atoms with van der Waals surface area (Å²) in [6, 6.07) is 0. The van der Waals surface area contributed by atoms with Crippen molar-refractivity contribution in [2.75, 3.05) is 7.11 Å². The van der Waals surface area contributed by atoms with Gasteiger partial charge in [-0.1, -0.05) is 0 Å². The van der Waals surface area contributed by atoms with Crippen molar-refractivity contribution < 1.29 is 31.3 Å². The summed E-state index contributed by atoms with van der Waals surface area (Å²) in [7, 11) is 1.09. The number of carbonyl (C=O) groups is 1. The first-order valence-electron chi connectivity index (χ1n) is 4.82. The second-order valence-electron chi connectivity index (χ2n) is 4.51. The Hall–Kier alpha value is -0.815. The van der Waals surface area contributed by atoms with Crippen molar-refractivity contribution in [2.45, 2.75) is 24.6 Å².